The zero-order chi connectivity index (χ0) is 9.00. The van der Waals surface area contributed by atoms with Gasteiger partial charge in [-0.2, -0.15) is 0 Å². The average Bonchev–Trinajstić information content (AvgIpc) is 1.12. The van der Waals surface area contributed by atoms with Crippen LogP contribution in [0.4, 0.5) is 0 Å². The normalized spacial score (nSPS) is 9.67. The number of rotatable bonds is 0. The van der Waals surface area contributed by atoms with Gasteiger partial charge in [0, 0.05) is 0 Å². The Morgan fingerprint density at radius 3 is 0.667 bits per heavy atom. The summed E-state index contributed by atoms with van der Waals surface area (Å²) in [7, 11) is 0. The van der Waals surface area contributed by atoms with E-state index in [1.165, 1.54) is 0 Å². The molecule has 0 atom stereocenters. The first kappa shape index (κ1) is 23.2. The van der Waals surface area contributed by atoms with Crippen molar-refractivity contribution in [3.05, 3.63) is 0 Å². The third-order valence-electron chi connectivity index (χ3n) is 0. The molecule has 0 heterocycles. The second-order valence-electron chi connectivity index (χ2n) is 0.756. The van der Waals surface area contributed by atoms with E-state index in [4.69, 9.17) is 32.1 Å². The van der Waals surface area contributed by atoms with Gasteiger partial charge in [-0.15, -0.1) is 0 Å². The van der Waals surface area contributed by atoms with Gasteiger partial charge in [0.25, 0.3) is 0 Å². The minimum absolute atomic E-state index is 0. The molecule has 69 valence electrons. The Labute approximate surface area is 94.5 Å². The Hall–Kier alpha value is 1.21. The summed E-state index contributed by atoms with van der Waals surface area (Å²) >= 11 is -11.2. The van der Waals surface area contributed by atoms with E-state index < -0.39 is 26.7 Å². The molecule has 1 radical (unpaired) electrons. The topological polar surface area (TPSA) is 161 Å². The summed E-state index contributed by atoms with van der Waals surface area (Å²) in [6.07, 6.45) is 0. The van der Waals surface area contributed by atoms with Crippen LogP contribution in [0.25, 0.3) is 0 Å². The van der Waals surface area contributed by atoms with Crippen LogP contribution in [0.1, 0.15) is 0 Å². The molecule has 0 aliphatic rings. The van der Waals surface area contributed by atoms with Crippen molar-refractivity contribution in [3.63, 3.8) is 0 Å². The summed E-state index contributed by atoms with van der Waals surface area (Å²) in [4.78, 5) is 0. The number of hydrogen-bond acceptors (Lipinski definition) is 8. The third-order valence-corrected chi connectivity index (χ3v) is 0. The Morgan fingerprint density at radius 1 is 0.667 bits per heavy atom. The van der Waals surface area contributed by atoms with Crippen LogP contribution in [-0.4, -0.2) is 0 Å². The van der Waals surface area contributed by atoms with Gasteiger partial charge in [0.1, 0.15) is 0 Å². The van der Waals surface area contributed by atoms with Gasteiger partial charge in [0.2, 0.25) is 0 Å². The van der Waals surface area contributed by atoms with E-state index in [0.29, 0.717) is 0 Å². The maximum atomic E-state index is 8.58. The van der Waals surface area contributed by atoms with Gasteiger partial charge in [-0.1, -0.05) is 0 Å². The standard InChI is InChI=1S/Cr.Li.2Mn.8O/q+3;+1;;;;;;;4*-1. The Kier molecular flexibility index (Phi) is 17.0. The molecule has 0 saturated carbocycles. The Balaban J connectivity index is -0.0000000457. The molecule has 0 N–H and O–H groups in total. The molecule has 0 aromatic rings. The molecule has 0 aromatic carbocycles. The van der Waals surface area contributed by atoms with E-state index in [-0.39, 0.29) is 36.2 Å². The van der Waals surface area contributed by atoms with Crippen molar-refractivity contribution >= 4 is 0 Å². The first-order valence-electron chi connectivity index (χ1n) is 1.23. The van der Waals surface area contributed by atoms with E-state index in [9.17, 15) is 0 Å². The van der Waals surface area contributed by atoms with Crippen molar-refractivity contribution in [1.29, 1.82) is 0 Å². The zero-order valence-electron chi connectivity index (χ0n) is 5.43. The summed E-state index contributed by atoms with van der Waals surface area (Å²) < 4.78 is 68.6. The summed E-state index contributed by atoms with van der Waals surface area (Å²) in [6, 6.07) is 0. The fraction of sp³-hybridized carbons (Fsp3) is 0. The van der Waals surface area contributed by atoms with Crippen molar-refractivity contribution in [3.8, 4) is 0 Å². The fourth-order valence-corrected chi connectivity index (χ4v) is 0. The van der Waals surface area contributed by atoms with Crippen molar-refractivity contribution in [1.82, 2.24) is 0 Å². The summed E-state index contributed by atoms with van der Waals surface area (Å²) in [5.41, 5.74) is 0. The van der Waals surface area contributed by atoms with Gasteiger partial charge >= 0.3 is 95.1 Å². The van der Waals surface area contributed by atoms with Gasteiger partial charge in [-0.05, 0) is 0 Å². The predicted octanol–water partition coefficient (Wildman–Crippen LogP) is -8.23. The molecule has 0 aliphatic carbocycles. The zero-order valence-corrected chi connectivity index (χ0v) is 9.07. The molecule has 12 heavy (non-hydrogen) atoms. The molecule has 0 rings (SSSR count). The number of hydrogen-bond donors (Lipinski definition) is 0. The predicted molar refractivity (Wildman–Crippen MR) is 2.75 cm³/mol. The van der Waals surface area contributed by atoms with Crippen LogP contribution in [0.5, 0.6) is 0 Å². The first-order chi connectivity index (χ1) is 4.00. The molecule has 12 heteroatoms. The van der Waals surface area contributed by atoms with Gasteiger partial charge in [0.05, 0.1) is 0 Å². The Morgan fingerprint density at radius 2 is 0.667 bits per heavy atom. The van der Waals surface area contributed by atoms with E-state index in [2.05, 4.69) is 0 Å². The van der Waals surface area contributed by atoms with Crippen molar-refractivity contribution in [2.45, 2.75) is 0 Å². The van der Waals surface area contributed by atoms with Crippen LogP contribution in [0.2, 0.25) is 0 Å². The van der Waals surface area contributed by atoms with Crippen LogP contribution in [0.3, 0.4) is 0 Å². The molecule has 0 fully saturated rings. The third kappa shape index (κ3) is 799. The fourth-order valence-electron chi connectivity index (χ4n) is 0. The second-order valence-corrected chi connectivity index (χ2v) is 3.12. The molecule has 0 amide bonds. The molecule has 0 aliphatic heterocycles. The molecular weight excluding hydrogens is 297 g/mol. The summed E-state index contributed by atoms with van der Waals surface area (Å²) in [6.45, 7) is 0. The quantitative estimate of drug-likeness (QED) is 0.398. The van der Waals surface area contributed by atoms with Crippen molar-refractivity contribution < 1.29 is 95.1 Å². The van der Waals surface area contributed by atoms with Crippen LogP contribution in [0.15, 0.2) is 0 Å². The van der Waals surface area contributed by atoms with E-state index >= 15 is 0 Å². The molecule has 0 unspecified atom stereocenters. The minimum atomic E-state index is -5.62. The van der Waals surface area contributed by atoms with Crippen molar-refractivity contribution in [2.75, 3.05) is 0 Å². The van der Waals surface area contributed by atoms with Crippen LogP contribution in [-0.2, 0) is 59.4 Å². The molecule has 0 bridgehead atoms. The maximum absolute atomic E-state index is 8.58. The molecule has 0 aromatic heterocycles. The van der Waals surface area contributed by atoms with Crippen LogP contribution in [0, 0.1) is 0 Å². The monoisotopic (exact) mass is 297 g/mol. The first-order valence-corrected chi connectivity index (χ1v) is 5.09. The van der Waals surface area contributed by atoms with Gasteiger partial charge in [-0.25, -0.2) is 0 Å². The molecule has 8 nitrogen and oxygen atoms in total. The van der Waals surface area contributed by atoms with E-state index in [1.807, 2.05) is 0 Å². The van der Waals surface area contributed by atoms with E-state index in [1.54, 1.807) is 0 Å². The molecule has 0 saturated heterocycles. The van der Waals surface area contributed by atoms with Gasteiger partial charge in [0.15, 0.2) is 0 Å². The summed E-state index contributed by atoms with van der Waals surface area (Å²) in [5, 5.41) is 0. The van der Waals surface area contributed by atoms with Gasteiger partial charge < -0.3 is 0 Å². The van der Waals surface area contributed by atoms with Crippen molar-refractivity contribution in [2.24, 2.45) is 0 Å². The van der Waals surface area contributed by atoms with E-state index in [0.717, 1.165) is 0 Å². The molecule has 0 spiro atoms. The SMILES string of the molecule is [Cr+3].[Li+].[O]=[Mn](=[O])([O-])[O-].[O]=[Mn](=[O])([O-])[O-]. The average molecular weight is 297 g/mol. The molecular formula is CrLiMn2O8. The van der Waals surface area contributed by atoms with Gasteiger partial charge in [-0.3, -0.25) is 0 Å². The summed E-state index contributed by atoms with van der Waals surface area (Å²) in [5.74, 6) is 0. The van der Waals surface area contributed by atoms with Crippen LogP contribution < -0.4 is 35.6 Å². The second kappa shape index (κ2) is 8.79. The Bertz CT molecular complexity index is 213. The van der Waals surface area contributed by atoms with Crippen LogP contribution >= 0.6 is 0 Å².